The third kappa shape index (κ3) is 4.14. The van der Waals surface area contributed by atoms with Crippen LogP contribution in [0.2, 0.25) is 0 Å². The van der Waals surface area contributed by atoms with Gasteiger partial charge in [-0.15, -0.1) is 0 Å². The molecule has 2 heterocycles. The topological polar surface area (TPSA) is 68.0 Å². The average molecular weight is 387 g/mol. The van der Waals surface area contributed by atoms with Gasteiger partial charge in [0.05, 0.1) is 25.8 Å². The molecule has 1 aromatic carbocycles. The van der Waals surface area contributed by atoms with Crippen molar-refractivity contribution in [1.29, 1.82) is 0 Å². The van der Waals surface area contributed by atoms with Gasteiger partial charge in [0.1, 0.15) is 5.76 Å². The second-order valence-corrected chi connectivity index (χ2v) is 7.25. The molecule has 2 aromatic rings. The van der Waals surface area contributed by atoms with Crippen molar-refractivity contribution in [3.8, 4) is 11.5 Å². The van der Waals surface area contributed by atoms with Crippen molar-refractivity contribution in [2.75, 3.05) is 40.4 Å². The summed E-state index contributed by atoms with van der Waals surface area (Å²) in [5.74, 6) is 2.10. The third-order valence-electron chi connectivity index (χ3n) is 5.43. The molecule has 0 bridgehead atoms. The molecule has 1 amide bonds. The second-order valence-electron chi connectivity index (χ2n) is 7.25. The molecule has 0 saturated carbocycles. The van der Waals surface area contributed by atoms with Crippen LogP contribution in [0.1, 0.15) is 35.4 Å². The monoisotopic (exact) mass is 387 g/mol. The van der Waals surface area contributed by atoms with Crippen molar-refractivity contribution in [1.82, 2.24) is 15.0 Å². The molecule has 3 rings (SSSR count). The zero-order valence-electron chi connectivity index (χ0n) is 17.3. The summed E-state index contributed by atoms with van der Waals surface area (Å²) in [7, 11) is 3.28. The Labute approximate surface area is 166 Å². The number of hydrogen-bond donors (Lipinski definition) is 0. The molecule has 1 aliphatic rings. The molecular formula is C21H29N3O4. The second kappa shape index (κ2) is 8.65. The van der Waals surface area contributed by atoms with E-state index < -0.39 is 0 Å². The molecular weight excluding hydrogens is 358 g/mol. The van der Waals surface area contributed by atoms with Gasteiger partial charge in [0.15, 0.2) is 11.5 Å². The van der Waals surface area contributed by atoms with Gasteiger partial charge < -0.3 is 18.9 Å². The van der Waals surface area contributed by atoms with Crippen molar-refractivity contribution in [3.05, 3.63) is 40.8 Å². The standard InChI is InChI=1S/C21H29N3O4/c1-14(20-15(2)22-28-16(20)3)21(25)24-10-8-23(9-11-24)13-17-6-7-18(26-4)19(12-17)27-5/h6-7,12,14H,8-11,13H2,1-5H3. The molecule has 0 spiro atoms. The minimum Gasteiger partial charge on any atom is -0.493 e. The summed E-state index contributed by atoms with van der Waals surface area (Å²) < 4.78 is 15.9. The fourth-order valence-electron chi connectivity index (χ4n) is 3.87. The van der Waals surface area contributed by atoms with Gasteiger partial charge in [-0.2, -0.15) is 0 Å². The van der Waals surface area contributed by atoms with Gasteiger partial charge in [0.2, 0.25) is 5.91 Å². The van der Waals surface area contributed by atoms with E-state index in [2.05, 4.69) is 16.1 Å². The Morgan fingerprint density at radius 3 is 2.39 bits per heavy atom. The van der Waals surface area contributed by atoms with Crippen LogP contribution in [0.4, 0.5) is 0 Å². The Kier molecular flexibility index (Phi) is 6.24. The lowest BCUT2D eigenvalue weighted by Gasteiger charge is -2.36. The first-order valence-corrected chi connectivity index (χ1v) is 9.59. The van der Waals surface area contributed by atoms with Crippen molar-refractivity contribution < 1.29 is 18.8 Å². The van der Waals surface area contributed by atoms with Gasteiger partial charge in [0.25, 0.3) is 0 Å². The van der Waals surface area contributed by atoms with E-state index in [4.69, 9.17) is 14.0 Å². The first kappa shape index (κ1) is 20.2. The lowest BCUT2D eigenvalue weighted by molar-refractivity contribution is -0.134. The molecule has 28 heavy (non-hydrogen) atoms. The smallest absolute Gasteiger partial charge is 0.230 e. The number of aryl methyl sites for hydroxylation is 2. The van der Waals surface area contributed by atoms with Crippen molar-refractivity contribution >= 4 is 5.91 Å². The molecule has 0 radical (unpaired) electrons. The number of piperazine rings is 1. The summed E-state index contributed by atoms with van der Waals surface area (Å²) in [4.78, 5) is 17.2. The number of carbonyl (C=O) groups is 1. The molecule has 7 heteroatoms. The highest BCUT2D eigenvalue weighted by Crippen LogP contribution is 2.29. The van der Waals surface area contributed by atoms with E-state index in [1.54, 1.807) is 14.2 Å². The number of hydrogen-bond acceptors (Lipinski definition) is 6. The number of ether oxygens (including phenoxy) is 2. The average Bonchev–Trinajstić information content (AvgIpc) is 3.05. The first-order valence-electron chi connectivity index (χ1n) is 9.59. The maximum atomic E-state index is 12.9. The van der Waals surface area contributed by atoms with E-state index in [0.29, 0.717) is 0 Å². The predicted octanol–water partition coefficient (Wildman–Crippen LogP) is 2.76. The summed E-state index contributed by atoms with van der Waals surface area (Å²) >= 11 is 0. The summed E-state index contributed by atoms with van der Waals surface area (Å²) in [5, 5.41) is 3.98. The van der Waals surface area contributed by atoms with Gasteiger partial charge in [-0.1, -0.05) is 11.2 Å². The number of rotatable bonds is 6. The van der Waals surface area contributed by atoms with Gasteiger partial charge in [-0.05, 0) is 38.5 Å². The molecule has 1 atom stereocenters. The van der Waals surface area contributed by atoms with Crippen LogP contribution in [0.5, 0.6) is 11.5 Å². The SMILES string of the molecule is COc1ccc(CN2CCN(C(=O)C(C)c3c(C)noc3C)CC2)cc1OC. The maximum absolute atomic E-state index is 12.9. The summed E-state index contributed by atoms with van der Waals surface area (Å²) in [5.41, 5.74) is 2.88. The van der Waals surface area contributed by atoms with Gasteiger partial charge >= 0.3 is 0 Å². The molecule has 7 nitrogen and oxygen atoms in total. The van der Waals surface area contributed by atoms with Gasteiger partial charge in [0, 0.05) is 38.3 Å². The summed E-state index contributed by atoms with van der Waals surface area (Å²) in [6.45, 7) is 9.63. The van der Waals surface area contributed by atoms with Gasteiger partial charge in [-0.25, -0.2) is 0 Å². The summed E-state index contributed by atoms with van der Waals surface area (Å²) in [6.07, 6.45) is 0. The minimum absolute atomic E-state index is 0.139. The zero-order valence-corrected chi connectivity index (χ0v) is 17.3. The first-order chi connectivity index (χ1) is 13.4. The largest absolute Gasteiger partial charge is 0.493 e. The lowest BCUT2D eigenvalue weighted by Crippen LogP contribution is -2.49. The Morgan fingerprint density at radius 1 is 1.14 bits per heavy atom. The fraction of sp³-hybridized carbons (Fsp3) is 0.524. The molecule has 152 valence electrons. The molecule has 1 fully saturated rings. The van der Waals surface area contributed by atoms with E-state index in [1.807, 2.05) is 37.8 Å². The highest BCUT2D eigenvalue weighted by atomic mass is 16.5. The van der Waals surface area contributed by atoms with E-state index in [1.165, 1.54) is 5.56 Å². The number of aromatic nitrogens is 1. The fourth-order valence-corrected chi connectivity index (χ4v) is 3.87. The van der Waals surface area contributed by atoms with Crippen LogP contribution in [0, 0.1) is 13.8 Å². The number of amides is 1. The number of nitrogens with zero attached hydrogens (tertiary/aromatic N) is 3. The lowest BCUT2D eigenvalue weighted by atomic mass is 9.97. The maximum Gasteiger partial charge on any atom is 0.230 e. The third-order valence-corrected chi connectivity index (χ3v) is 5.43. The number of carbonyl (C=O) groups excluding carboxylic acids is 1. The van der Waals surface area contributed by atoms with Crippen molar-refractivity contribution in [3.63, 3.8) is 0 Å². The molecule has 1 saturated heterocycles. The minimum atomic E-state index is -0.233. The predicted molar refractivity (Wildman–Crippen MR) is 106 cm³/mol. The van der Waals surface area contributed by atoms with Crippen LogP contribution in [0.25, 0.3) is 0 Å². The molecule has 0 N–H and O–H groups in total. The van der Waals surface area contributed by atoms with E-state index in [9.17, 15) is 4.79 Å². The highest BCUT2D eigenvalue weighted by Gasteiger charge is 2.29. The van der Waals surface area contributed by atoms with Crippen molar-refractivity contribution in [2.24, 2.45) is 0 Å². The quantitative estimate of drug-likeness (QED) is 0.759. The van der Waals surface area contributed by atoms with Gasteiger partial charge in [-0.3, -0.25) is 9.69 Å². The van der Waals surface area contributed by atoms with Crippen molar-refractivity contribution in [2.45, 2.75) is 33.2 Å². The Hall–Kier alpha value is -2.54. The number of methoxy groups -OCH3 is 2. The van der Waals surface area contributed by atoms with E-state index in [0.717, 1.165) is 61.2 Å². The Balaban J connectivity index is 1.58. The number of benzene rings is 1. The zero-order chi connectivity index (χ0) is 20.3. The van der Waals surface area contributed by atoms with Crippen LogP contribution in [0.15, 0.2) is 22.7 Å². The van der Waals surface area contributed by atoms with E-state index in [-0.39, 0.29) is 11.8 Å². The summed E-state index contributed by atoms with van der Waals surface area (Å²) in [6, 6.07) is 5.99. The van der Waals surface area contributed by atoms with E-state index >= 15 is 0 Å². The normalized spacial score (nSPS) is 16.1. The van der Waals surface area contributed by atoms with Crippen LogP contribution < -0.4 is 9.47 Å². The van der Waals surface area contributed by atoms with Crippen LogP contribution in [-0.2, 0) is 11.3 Å². The Bertz CT molecular complexity index is 806. The van der Waals surface area contributed by atoms with Crippen LogP contribution >= 0.6 is 0 Å². The molecule has 1 unspecified atom stereocenters. The molecule has 1 aromatic heterocycles. The Morgan fingerprint density at radius 2 is 1.82 bits per heavy atom. The van der Waals surface area contributed by atoms with Crippen LogP contribution in [0.3, 0.4) is 0 Å². The highest BCUT2D eigenvalue weighted by molar-refractivity contribution is 5.84. The van der Waals surface area contributed by atoms with Crippen LogP contribution in [-0.4, -0.2) is 61.3 Å². The molecule has 1 aliphatic heterocycles. The molecule has 0 aliphatic carbocycles.